The molecule has 1 aliphatic rings. The first-order valence-corrected chi connectivity index (χ1v) is 9.75. The number of likely N-dealkylation sites (tertiary alicyclic amines) is 1. The van der Waals surface area contributed by atoms with Gasteiger partial charge in [0.05, 0.1) is 12.6 Å². The third-order valence-corrected chi connectivity index (χ3v) is 5.41. The van der Waals surface area contributed by atoms with Crippen molar-refractivity contribution in [2.75, 3.05) is 25.5 Å². The zero-order chi connectivity index (χ0) is 19.3. The van der Waals surface area contributed by atoms with Crippen molar-refractivity contribution in [2.45, 2.75) is 19.3 Å². The van der Waals surface area contributed by atoms with E-state index in [1.807, 2.05) is 53.6 Å². The molecule has 0 saturated carbocycles. The molecule has 28 heavy (non-hydrogen) atoms. The maximum absolute atomic E-state index is 12.5. The smallest absolute Gasteiger partial charge is 0.321 e. The van der Waals surface area contributed by atoms with Crippen LogP contribution in [0.15, 0.2) is 60.8 Å². The molecule has 0 unspecified atom stereocenters. The number of aromatic nitrogens is 1. The van der Waals surface area contributed by atoms with Crippen molar-refractivity contribution in [3.05, 3.63) is 66.4 Å². The molecule has 5 heteroatoms. The number of methoxy groups -OCH3 is 1. The topological polar surface area (TPSA) is 54.5 Å². The van der Waals surface area contributed by atoms with E-state index < -0.39 is 0 Å². The van der Waals surface area contributed by atoms with Gasteiger partial charge in [0.2, 0.25) is 0 Å². The number of carbonyl (C=O) groups is 1. The molecule has 0 bridgehead atoms. The van der Waals surface area contributed by atoms with Gasteiger partial charge in [-0.2, -0.15) is 0 Å². The quantitative estimate of drug-likeness (QED) is 0.717. The van der Waals surface area contributed by atoms with Crippen LogP contribution in [0.5, 0.6) is 5.75 Å². The molecule has 2 aromatic carbocycles. The molecule has 5 nitrogen and oxygen atoms in total. The Morgan fingerprint density at radius 1 is 1.14 bits per heavy atom. The molecule has 1 saturated heterocycles. The maximum Gasteiger partial charge on any atom is 0.321 e. The third kappa shape index (κ3) is 4.25. The number of ether oxygens (including phenoxy) is 1. The van der Waals surface area contributed by atoms with Gasteiger partial charge in [0.25, 0.3) is 0 Å². The van der Waals surface area contributed by atoms with E-state index in [-0.39, 0.29) is 6.03 Å². The molecule has 4 rings (SSSR count). The predicted octanol–water partition coefficient (Wildman–Crippen LogP) is 4.73. The molecule has 2 heterocycles. The lowest BCUT2D eigenvalue weighted by Gasteiger charge is -2.32. The van der Waals surface area contributed by atoms with Crippen LogP contribution < -0.4 is 10.1 Å². The second-order valence-corrected chi connectivity index (χ2v) is 7.33. The van der Waals surface area contributed by atoms with E-state index in [9.17, 15) is 4.79 Å². The number of pyridine rings is 1. The molecule has 2 amide bonds. The second kappa shape index (κ2) is 8.30. The lowest BCUT2D eigenvalue weighted by molar-refractivity contribution is 0.182. The molecule has 1 aromatic heterocycles. The number of amides is 2. The molecule has 0 aliphatic carbocycles. The average Bonchev–Trinajstić information content (AvgIpc) is 2.75. The molecular formula is C23H25N3O2. The van der Waals surface area contributed by atoms with Gasteiger partial charge in [-0.05, 0) is 67.1 Å². The lowest BCUT2D eigenvalue weighted by Crippen LogP contribution is -2.41. The van der Waals surface area contributed by atoms with E-state index in [4.69, 9.17) is 4.74 Å². The fourth-order valence-corrected chi connectivity index (χ4v) is 3.78. The van der Waals surface area contributed by atoms with Crippen molar-refractivity contribution in [1.29, 1.82) is 0 Å². The number of urea groups is 1. The number of rotatable bonds is 4. The Bertz CT molecular complexity index is 947. The van der Waals surface area contributed by atoms with Crippen LogP contribution in [0.4, 0.5) is 10.5 Å². The zero-order valence-corrected chi connectivity index (χ0v) is 16.1. The molecule has 0 spiro atoms. The highest BCUT2D eigenvalue weighted by Gasteiger charge is 2.23. The van der Waals surface area contributed by atoms with Gasteiger partial charge in [0.1, 0.15) is 5.75 Å². The van der Waals surface area contributed by atoms with Gasteiger partial charge in [-0.1, -0.05) is 18.2 Å². The van der Waals surface area contributed by atoms with Crippen LogP contribution in [-0.4, -0.2) is 36.1 Å². The summed E-state index contributed by atoms with van der Waals surface area (Å²) in [5, 5.41) is 4.16. The van der Waals surface area contributed by atoms with Crippen molar-refractivity contribution in [1.82, 2.24) is 9.88 Å². The van der Waals surface area contributed by atoms with E-state index in [0.717, 1.165) is 49.3 Å². The number of hydrogen-bond donors (Lipinski definition) is 1. The normalized spacial score (nSPS) is 14.8. The van der Waals surface area contributed by atoms with Gasteiger partial charge in [0, 0.05) is 30.4 Å². The lowest BCUT2D eigenvalue weighted by atomic mass is 9.90. The molecule has 1 fully saturated rings. The molecule has 1 aliphatic heterocycles. The minimum Gasteiger partial charge on any atom is -0.497 e. The van der Waals surface area contributed by atoms with Crippen molar-refractivity contribution < 1.29 is 9.53 Å². The summed E-state index contributed by atoms with van der Waals surface area (Å²) in [6, 6.07) is 17.8. The Morgan fingerprint density at radius 3 is 2.64 bits per heavy atom. The fraction of sp³-hybridized carbons (Fsp3) is 0.304. The summed E-state index contributed by atoms with van der Waals surface area (Å²) in [6.07, 6.45) is 5.04. The SMILES string of the molecule is COc1ccc(NC(=O)N2CCC(Cc3cnc4ccccc4c3)CC2)cc1. The summed E-state index contributed by atoms with van der Waals surface area (Å²) >= 11 is 0. The van der Waals surface area contributed by atoms with Gasteiger partial charge in [-0.25, -0.2) is 4.79 Å². The molecule has 1 N–H and O–H groups in total. The highest BCUT2D eigenvalue weighted by molar-refractivity contribution is 5.89. The number of hydrogen-bond acceptors (Lipinski definition) is 3. The first-order valence-electron chi connectivity index (χ1n) is 9.75. The number of piperidine rings is 1. The van der Waals surface area contributed by atoms with Crippen LogP contribution in [0.1, 0.15) is 18.4 Å². The summed E-state index contributed by atoms with van der Waals surface area (Å²) < 4.78 is 5.15. The summed E-state index contributed by atoms with van der Waals surface area (Å²) in [5.41, 5.74) is 3.10. The van der Waals surface area contributed by atoms with Crippen molar-refractivity contribution in [3.63, 3.8) is 0 Å². The Hall–Kier alpha value is -3.08. The number of fused-ring (bicyclic) bond motifs is 1. The van der Waals surface area contributed by atoms with Crippen molar-refractivity contribution >= 4 is 22.6 Å². The van der Waals surface area contributed by atoms with E-state index in [0.29, 0.717) is 5.92 Å². The monoisotopic (exact) mass is 375 g/mol. The standard InChI is InChI=1S/C23H25N3O2/c1-28-21-8-6-20(7-9-21)25-23(27)26-12-10-17(11-13-26)14-18-15-19-4-2-3-5-22(19)24-16-18/h2-9,15-17H,10-14H2,1H3,(H,25,27). The summed E-state index contributed by atoms with van der Waals surface area (Å²) in [5.74, 6) is 1.37. The molecule has 144 valence electrons. The highest BCUT2D eigenvalue weighted by Crippen LogP contribution is 2.24. The Kier molecular flexibility index (Phi) is 5.42. The van der Waals surface area contributed by atoms with E-state index in [2.05, 4.69) is 22.4 Å². The minimum atomic E-state index is -0.0315. The molecular weight excluding hydrogens is 350 g/mol. The van der Waals surface area contributed by atoms with Gasteiger partial charge in [-0.3, -0.25) is 4.98 Å². The van der Waals surface area contributed by atoms with E-state index in [1.165, 1.54) is 10.9 Å². The number of anilines is 1. The second-order valence-electron chi connectivity index (χ2n) is 7.33. The van der Waals surface area contributed by atoms with Gasteiger partial charge in [0.15, 0.2) is 0 Å². The highest BCUT2D eigenvalue weighted by atomic mass is 16.5. The van der Waals surface area contributed by atoms with Gasteiger partial charge < -0.3 is 15.0 Å². The number of carbonyl (C=O) groups excluding carboxylic acids is 1. The first kappa shape index (κ1) is 18.3. The Labute approximate surface area is 165 Å². The predicted molar refractivity (Wildman–Crippen MR) is 112 cm³/mol. The molecule has 3 aromatic rings. The Balaban J connectivity index is 1.30. The maximum atomic E-state index is 12.5. The summed E-state index contributed by atoms with van der Waals surface area (Å²) in [4.78, 5) is 19.0. The Morgan fingerprint density at radius 2 is 1.89 bits per heavy atom. The fourth-order valence-electron chi connectivity index (χ4n) is 3.78. The van der Waals surface area contributed by atoms with Crippen molar-refractivity contribution in [3.8, 4) is 5.75 Å². The first-order chi connectivity index (χ1) is 13.7. The van der Waals surface area contributed by atoms with E-state index >= 15 is 0 Å². The third-order valence-electron chi connectivity index (χ3n) is 5.41. The number of nitrogens with one attached hydrogen (secondary N) is 1. The largest absolute Gasteiger partial charge is 0.497 e. The molecule has 0 atom stereocenters. The van der Waals surface area contributed by atoms with Crippen molar-refractivity contribution in [2.24, 2.45) is 5.92 Å². The van der Waals surface area contributed by atoms with Gasteiger partial charge in [-0.15, -0.1) is 0 Å². The average molecular weight is 375 g/mol. The van der Waals surface area contributed by atoms with Crippen LogP contribution >= 0.6 is 0 Å². The number of nitrogens with zero attached hydrogens (tertiary/aromatic N) is 2. The van der Waals surface area contributed by atoms with Gasteiger partial charge >= 0.3 is 6.03 Å². The minimum absolute atomic E-state index is 0.0315. The summed E-state index contributed by atoms with van der Waals surface area (Å²) in [6.45, 7) is 1.57. The van der Waals surface area contributed by atoms with Crippen LogP contribution in [0.2, 0.25) is 0 Å². The van der Waals surface area contributed by atoms with E-state index in [1.54, 1.807) is 7.11 Å². The van der Waals surface area contributed by atoms with Crippen LogP contribution in [0.3, 0.4) is 0 Å². The van der Waals surface area contributed by atoms with Crippen LogP contribution in [0, 0.1) is 5.92 Å². The number of benzene rings is 2. The molecule has 0 radical (unpaired) electrons. The number of para-hydroxylation sites is 1. The summed E-state index contributed by atoms with van der Waals surface area (Å²) in [7, 11) is 1.63. The van der Waals surface area contributed by atoms with Crippen LogP contribution in [0.25, 0.3) is 10.9 Å². The van der Waals surface area contributed by atoms with Crippen LogP contribution in [-0.2, 0) is 6.42 Å². The zero-order valence-electron chi connectivity index (χ0n) is 16.1.